The number of aromatic nitrogens is 3. The number of hydrogen-bond donors (Lipinski definition) is 1. The number of carbonyl (C=O) groups excluding carboxylic acids is 1. The molecule has 0 radical (unpaired) electrons. The summed E-state index contributed by atoms with van der Waals surface area (Å²) in [7, 11) is 0. The number of benzene rings is 1. The molecule has 1 aromatic carbocycles. The molecule has 0 aliphatic rings. The quantitative estimate of drug-likeness (QED) is 0.682. The van der Waals surface area contributed by atoms with E-state index < -0.39 is 23.9 Å². The molecule has 0 aliphatic heterocycles. The lowest BCUT2D eigenvalue weighted by atomic mass is 10.2. The van der Waals surface area contributed by atoms with Crippen molar-refractivity contribution in [2.24, 2.45) is 0 Å². The molecule has 0 bridgehead atoms. The van der Waals surface area contributed by atoms with Gasteiger partial charge in [0.2, 0.25) is 0 Å². The highest BCUT2D eigenvalue weighted by Gasteiger charge is 2.15. The predicted molar refractivity (Wildman–Crippen MR) is 93.2 cm³/mol. The van der Waals surface area contributed by atoms with Crippen LogP contribution >= 0.6 is 0 Å². The monoisotopic (exact) mass is 357 g/mol. The minimum atomic E-state index is -2.49. The standard InChI is InChI=1S/C19H18FN3O3/c1-12(2)18-22-6-7-23(18)19-13(4-3-5-21-19)11-26-17-9-14(20)8-16(25)15(17)10-24/h3-10,12,25H,11H2,1-2H3/i11D2. The molecule has 0 saturated heterocycles. The van der Waals surface area contributed by atoms with E-state index in [1.54, 1.807) is 17.0 Å². The van der Waals surface area contributed by atoms with Gasteiger partial charge >= 0.3 is 0 Å². The van der Waals surface area contributed by atoms with Crippen LogP contribution in [0.4, 0.5) is 4.39 Å². The van der Waals surface area contributed by atoms with Crippen molar-refractivity contribution < 1.29 is 21.8 Å². The van der Waals surface area contributed by atoms with Gasteiger partial charge in [-0.1, -0.05) is 19.9 Å². The first-order valence-electron chi connectivity index (χ1n) is 8.90. The molecule has 0 saturated carbocycles. The number of hydrogen-bond acceptors (Lipinski definition) is 5. The Morgan fingerprint density at radius 3 is 2.92 bits per heavy atom. The van der Waals surface area contributed by atoms with Crippen LogP contribution in [0.3, 0.4) is 0 Å². The number of carbonyl (C=O) groups is 1. The number of nitrogens with zero attached hydrogens (tertiary/aromatic N) is 3. The van der Waals surface area contributed by atoms with E-state index in [-0.39, 0.29) is 29.1 Å². The normalized spacial score (nSPS) is 12.6. The Morgan fingerprint density at radius 2 is 2.19 bits per heavy atom. The number of aromatic hydroxyl groups is 1. The van der Waals surface area contributed by atoms with Crippen molar-refractivity contribution in [3.05, 3.63) is 65.6 Å². The maximum absolute atomic E-state index is 13.7. The molecule has 0 amide bonds. The molecule has 0 unspecified atom stereocenters. The fourth-order valence-corrected chi connectivity index (χ4v) is 2.48. The van der Waals surface area contributed by atoms with Gasteiger partial charge in [0.25, 0.3) is 0 Å². The molecule has 2 heterocycles. The summed E-state index contributed by atoms with van der Waals surface area (Å²) < 4.78 is 37.4. The average Bonchev–Trinajstić information content (AvgIpc) is 3.11. The van der Waals surface area contributed by atoms with Crippen molar-refractivity contribution >= 4 is 6.29 Å². The fourth-order valence-electron chi connectivity index (χ4n) is 2.48. The lowest BCUT2D eigenvalue weighted by Crippen LogP contribution is -2.09. The highest BCUT2D eigenvalue weighted by Crippen LogP contribution is 2.29. The van der Waals surface area contributed by atoms with Crippen LogP contribution in [0.25, 0.3) is 5.82 Å². The Morgan fingerprint density at radius 1 is 1.38 bits per heavy atom. The van der Waals surface area contributed by atoms with Gasteiger partial charge in [0, 0.05) is 42.2 Å². The number of rotatable bonds is 6. The second kappa shape index (κ2) is 7.35. The van der Waals surface area contributed by atoms with E-state index in [0.29, 0.717) is 5.82 Å². The van der Waals surface area contributed by atoms with Crippen molar-refractivity contribution in [3.63, 3.8) is 0 Å². The first kappa shape index (κ1) is 15.1. The maximum atomic E-state index is 13.7. The van der Waals surface area contributed by atoms with Gasteiger partial charge in [-0.05, 0) is 6.07 Å². The minimum absolute atomic E-state index is 0.0514. The first-order chi connectivity index (χ1) is 13.2. The highest BCUT2D eigenvalue weighted by atomic mass is 19.1. The van der Waals surface area contributed by atoms with Gasteiger partial charge in [-0.25, -0.2) is 14.4 Å². The average molecular weight is 357 g/mol. The van der Waals surface area contributed by atoms with E-state index in [2.05, 4.69) is 9.97 Å². The summed E-state index contributed by atoms with van der Waals surface area (Å²) in [5.74, 6) is -0.934. The summed E-state index contributed by atoms with van der Waals surface area (Å²) in [6.45, 7) is 1.40. The molecule has 0 aliphatic carbocycles. The summed E-state index contributed by atoms with van der Waals surface area (Å²) in [5.41, 5.74) is -0.295. The summed E-state index contributed by atoms with van der Waals surface area (Å²) >= 11 is 0. The van der Waals surface area contributed by atoms with Gasteiger partial charge in [0.15, 0.2) is 6.29 Å². The fraction of sp³-hybridized carbons (Fsp3) is 0.211. The van der Waals surface area contributed by atoms with Crippen LogP contribution in [0.15, 0.2) is 42.9 Å². The second-order valence-electron chi connectivity index (χ2n) is 5.84. The molecule has 3 aromatic rings. The predicted octanol–water partition coefficient (Wildman–Crippen LogP) is 3.63. The number of halogens is 1. The number of phenols is 1. The van der Waals surface area contributed by atoms with E-state index in [4.69, 9.17) is 7.48 Å². The third kappa shape index (κ3) is 3.42. The Hall–Kier alpha value is -3.22. The highest BCUT2D eigenvalue weighted by molar-refractivity contribution is 5.83. The third-order valence-corrected chi connectivity index (χ3v) is 3.67. The molecule has 0 spiro atoms. The second-order valence-corrected chi connectivity index (χ2v) is 5.84. The van der Waals surface area contributed by atoms with Crippen molar-refractivity contribution in [1.82, 2.24) is 14.5 Å². The summed E-state index contributed by atoms with van der Waals surface area (Å²) in [4.78, 5) is 19.8. The minimum Gasteiger partial charge on any atom is -0.507 e. The van der Waals surface area contributed by atoms with Crippen LogP contribution in [0.2, 0.25) is 0 Å². The Labute approximate surface area is 152 Å². The number of aldehydes is 1. The van der Waals surface area contributed by atoms with Crippen LogP contribution in [-0.4, -0.2) is 25.9 Å². The molecule has 0 fully saturated rings. The number of phenolic OH excluding ortho intramolecular Hbond substituents is 1. The van der Waals surface area contributed by atoms with Crippen LogP contribution in [0.5, 0.6) is 11.5 Å². The summed E-state index contributed by atoms with van der Waals surface area (Å²) in [6.07, 6.45) is 5.02. The van der Waals surface area contributed by atoms with Crippen molar-refractivity contribution in [1.29, 1.82) is 0 Å². The van der Waals surface area contributed by atoms with Gasteiger partial charge in [-0.2, -0.15) is 0 Å². The van der Waals surface area contributed by atoms with Crippen molar-refractivity contribution in [3.8, 4) is 17.3 Å². The maximum Gasteiger partial charge on any atom is 0.157 e. The molecule has 134 valence electrons. The first-order valence-corrected chi connectivity index (χ1v) is 7.90. The molecular formula is C19H18FN3O3. The van der Waals surface area contributed by atoms with Crippen LogP contribution in [0, 0.1) is 5.82 Å². The smallest absolute Gasteiger partial charge is 0.157 e. The van der Waals surface area contributed by atoms with Gasteiger partial charge in [-0.15, -0.1) is 0 Å². The lowest BCUT2D eigenvalue weighted by Gasteiger charge is -2.15. The van der Waals surface area contributed by atoms with E-state index >= 15 is 0 Å². The Balaban J connectivity index is 2.10. The number of ether oxygens (including phenoxy) is 1. The van der Waals surface area contributed by atoms with Crippen LogP contribution in [-0.2, 0) is 6.56 Å². The molecule has 26 heavy (non-hydrogen) atoms. The number of pyridine rings is 1. The summed E-state index contributed by atoms with van der Waals surface area (Å²) in [6, 6.07) is 4.61. The van der Waals surface area contributed by atoms with E-state index in [1.165, 1.54) is 18.3 Å². The van der Waals surface area contributed by atoms with Gasteiger partial charge in [0.1, 0.15) is 35.5 Å². The Kier molecular flexibility index (Phi) is 4.26. The molecule has 3 rings (SSSR count). The van der Waals surface area contributed by atoms with Crippen LogP contribution < -0.4 is 4.74 Å². The number of imidazole rings is 1. The Bertz CT molecular complexity index is 1020. The summed E-state index contributed by atoms with van der Waals surface area (Å²) in [5, 5.41) is 9.74. The lowest BCUT2D eigenvalue weighted by molar-refractivity contribution is 0.111. The largest absolute Gasteiger partial charge is 0.507 e. The van der Waals surface area contributed by atoms with Gasteiger partial charge in [0.05, 0.1) is 8.30 Å². The molecule has 0 atom stereocenters. The molecule has 1 N–H and O–H groups in total. The van der Waals surface area contributed by atoms with Crippen molar-refractivity contribution in [2.75, 3.05) is 0 Å². The van der Waals surface area contributed by atoms with Gasteiger partial charge in [-0.3, -0.25) is 9.36 Å². The third-order valence-electron chi connectivity index (χ3n) is 3.67. The topological polar surface area (TPSA) is 77.2 Å². The van der Waals surface area contributed by atoms with E-state index in [0.717, 1.165) is 12.1 Å². The van der Waals surface area contributed by atoms with E-state index in [1.807, 2.05) is 13.8 Å². The van der Waals surface area contributed by atoms with E-state index in [9.17, 15) is 14.3 Å². The SMILES string of the molecule is [2H]C([2H])(Oc1cc(F)cc(O)c1C=O)c1cccnc1-n1ccnc1C(C)C. The van der Waals surface area contributed by atoms with Crippen molar-refractivity contribution in [2.45, 2.75) is 26.3 Å². The zero-order valence-electron chi connectivity index (χ0n) is 16.2. The zero-order valence-corrected chi connectivity index (χ0v) is 14.2. The zero-order chi connectivity index (χ0) is 20.5. The molecule has 7 heteroatoms. The van der Waals surface area contributed by atoms with Crippen LogP contribution in [0.1, 0.15) is 44.3 Å². The van der Waals surface area contributed by atoms with Gasteiger partial charge < -0.3 is 9.84 Å². The molecular weight excluding hydrogens is 337 g/mol. The molecule has 2 aromatic heterocycles. The molecule has 6 nitrogen and oxygen atoms in total.